The van der Waals surface area contributed by atoms with Crippen molar-refractivity contribution in [2.45, 2.75) is 32.4 Å². The van der Waals surface area contributed by atoms with Gasteiger partial charge in [0.2, 0.25) is 0 Å². The maximum atomic E-state index is 12.6. The molecule has 2 aromatic carbocycles. The third kappa shape index (κ3) is 4.85. The van der Waals surface area contributed by atoms with Crippen molar-refractivity contribution in [1.29, 1.82) is 0 Å². The van der Waals surface area contributed by atoms with Crippen LogP contribution in [0.15, 0.2) is 42.5 Å². The molecule has 0 radical (unpaired) electrons. The van der Waals surface area contributed by atoms with Crippen molar-refractivity contribution in [3.05, 3.63) is 58.6 Å². The molecule has 0 aliphatic carbocycles. The molecule has 5 nitrogen and oxygen atoms in total. The van der Waals surface area contributed by atoms with Gasteiger partial charge in [-0.25, -0.2) is 0 Å². The highest BCUT2D eigenvalue weighted by Gasteiger charge is 2.32. The molecule has 0 spiro atoms. The Labute approximate surface area is 177 Å². The Balaban J connectivity index is 1.27. The number of hydrogen-bond acceptors (Lipinski definition) is 4. The highest BCUT2D eigenvalue weighted by Crippen LogP contribution is 2.41. The molecule has 29 heavy (non-hydrogen) atoms. The second kappa shape index (κ2) is 8.25. The summed E-state index contributed by atoms with van der Waals surface area (Å²) in [6, 6.07) is 13.8. The zero-order valence-corrected chi connectivity index (χ0v) is 17.7. The summed E-state index contributed by atoms with van der Waals surface area (Å²) in [6.45, 7) is 8.17. The van der Waals surface area contributed by atoms with Crippen LogP contribution in [0, 0.1) is 0 Å². The normalized spacial score (nSPS) is 18.2. The number of piperazine rings is 1. The van der Waals surface area contributed by atoms with Crippen LogP contribution in [-0.2, 0) is 17.8 Å². The molecule has 1 saturated heterocycles. The monoisotopic (exact) mass is 414 g/mol. The first-order chi connectivity index (χ1) is 13.9. The Morgan fingerprint density at radius 1 is 1.10 bits per heavy atom. The van der Waals surface area contributed by atoms with Gasteiger partial charge in [0.15, 0.2) is 18.1 Å². The number of benzene rings is 2. The lowest BCUT2D eigenvalue weighted by molar-refractivity contribution is -0.135. The first-order valence-electron chi connectivity index (χ1n) is 10.1. The molecular weight excluding hydrogens is 388 g/mol. The Bertz CT molecular complexity index is 874. The minimum atomic E-state index is -0.230. The zero-order chi connectivity index (χ0) is 20.4. The lowest BCUT2D eigenvalue weighted by Crippen LogP contribution is -2.49. The summed E-state index contributed by atoms with van der Waals surface area (Å²) >= 11 is 5.95. The molecule has 0 bridgehead atoms. The van der Waals surface area contributed by atoms with Crippen LogP contribution in [-0.4, -0.2) is 54.1 Å². The van der Waals surface area contributed by atoms with Gasteiger partial charge in [0.1, 0.15) is 5.60 Å². The number of nitrogens with zero attached hydrogens (tertiary/aromatic N) is 2. The molecular formula is C23H27ClN2O3. The number of amides is 1. The molecule has 0 unspecified atom stereocenters. The van der Waals surface area contributed by atoms with E-state index < -0.39 is 0 Å². The molecule has 0 aromatic heterocycles. The van der Waals surface area contributed by atoms with Crippen LogP contribution in [0.3, 0.4) is 0 Å². The van der Waals surface area contributed by atoms with Gasteiger partial charge in [0, 0.05) is 49.7 Å². The second-order valence-corrected chi connectivity index (χ2v) is 8.79. The van der Waals surface area contributed by atoms with Gasteiger partial charge in [-0.05, 0) is 37.6 Å². The first kappa shape index (κ1) is 20.0. The lowest BCUT2D eigenvalue weighted by atomic mass is 10.0. The summed E-state index contributed by atoms with van der Waals surface area (Å²) < 4.78 is 11.9. The van der Waals surface area contributed by atoms with Crippen LogP contribution < -0.4 is 9.47 Å². The molecule has 0 N–H and O–H groups in total. The number of carbonyl (C=O) groups excluding carboxylic acids is 1. The van der Waals surface area contributed by atoms with Gasteiger partial charge in [-0.3, -0.25) is 9.69 Å². The van der Waals surface area contributed by atoms with Gasteiger partial charge in [-0.2, -0.15) is 0 Å². The van der Waals surface area contributed by atoms with Crippen molar-refractivity contribution in [3.63, 3.8) is 0 Å². The number of hydrogen-bond donors (Lipinski definition) is 0. The predicted molar refractivity (Wildman–Crippen MR) is 114 cm³/mol. The minimum absolute atomic E-state index is 0.0194. The maximum absolute atomic E-state index is 12.6. The number of ether oxygens (including phenoxy) is 2. The van der Waals surface area contributed by atoms with E-state index in [4.69, 9.17) is 21.1 Å². The fraction of sp³-hybridized carbons (Fsp3) is 0.435. The molecule has 2 heterocycles. The second-order valence-electron chi connectivity index (χ2n) is 8.36. The quantitative estimate of drug-likeness (QED) is 0.746. The molecule has 0 atom stereocenters. The molecule has 154 valence electrons. The molecule has 0 saturated carbocycles. The highest BCUT2D eigenvalue weighted by atomic mass is 35.5. The van der Waals surface area contributed by atoms with E-state index in [1.165, 1.54) is 5.56 Å². The number of para-hydroxylation sites is 1. The molecule has 2 aliphatic rings. The Morgan fingerprint density at radius 2 is 1.83 bits per heavy atom. The van der Waals surface area contributed by atoms with Gasteiger partial charge in [-0.15, -0.1) is 0 Å². The fourth-order valence-electron chi connectivity index (χ4n) is 3.94. The van der Waals surface area contributed by atoms with Crippen molar-refractivity contribution < 1.29 is 14.3 Å². The molecule has 2 aliphatic heterocycles. The van der Waals surface area contributed by atoms with Crippen LogP contribution in [0.2, 0.25) is 5.02 Å². The zero-order valence-electron chi connectivity index (χ0n) is 17.0. The van der Waals surface area contributed by atoms with Crippen LogP contribution >= 0.6 is 11.6 Å². The first-order valence-corrected chi connectivity index (χ1v) is 10.5. The summed E-state index contributed by atoms with van der Waals surface area (Å²) in [5.74, 6) is 1.45. The number of halogens is 1. The van der Waals surface area contributed by atoms with E-state index in [0.29, 0.717) is 18.8 Å². The van der Waals surface area contributed by atoms with Crippen LogP contribution in [0.25, 0.3) is 0 Å². The number of fused-ring (bicyclic) bond motifs is 1. The van der Waals surface area contributed by atoms with Gasteiger partial charge >= 0.3 is 0 Å². The van der Waals surface area contributed by atoms with Crippen molar-refractivity contribution >= 4 is 17.5 Å². The van der Waals surface area contributed by atoms with Gasteiger partial charge in [0.05, 0.1) is 0 Å². The van der Waals surface area contributed by atoms with Crippen molar-refractivity contribution in [1.82, 2.24) is 9.80 Å². The van der Waals surface area contributed by atoms with Crippen molar-refractivity contribution in [2.24, 2.45) is 0 Å². The van der Waals surface area contributed by atoms with E-state index in [9.17, 15) is 4.79 Å². The lowest BCUT2D eigenvalue weighted by Gasteiger charge is -2.34. The summed E-state index contributed by atoms with van der Waals surface area (Å²) in [6.07, 6.45) is 0.850. The van der Waals surface area contributed by atoms with Crippen molar-refractivity contribution in [3.8, 4) is 11.5 Å². The van der Waals surface area contributed by atoms with Gasteiger partial charge in [-0.1, -0.05) is 35.9 Å². The molecule has 2 aromatic rings. The van der Waals surface area contributed by atoms with E-state index in [0.717, 1.165) is 42.4 Å². The van der Waals surface area contributed by atoms with E-state index in [1.807, 2.05) is 29.2 Å². The van der Waals surface area contributed by atoms with Gasteiger partial charge < -0.3 is 14.4 Å². The van der Waals surface area contributed by atoms with Gasteiger partial charge in [0.25, 0.3) is 5.91 Å². The average molecular weight is 415 g/mol. The smallest absolute Gasteiger partial charge is 0.260 e. The highest BCUT2D eigenvalue weighted by molar-refractivity contribution is 6.30. The maximum Gasteiger partial charge on any atom is 0.260 e. The third-order valence-corrected chi connectivity index (χ3v) is 5.70. The molecule has 1 amide bonds. The standard InChI is InChI=1S/C23H27ClN2O3/c1-23(2)14-18-4-3-5-20(22(18)29-23)28-16-21(27)26-12-10-25(11-13-26)15-17-6-8-19(24)9-7-17/h3-9H,10-16H2,1-2H3. The summed E-state index contributed by atoms with van der Waals surface area (Å²) in [4.78, 5) is 16.9. The van der Waals surface area contributed by atoms with Crippen LogP contribution in [0.5, 0.6) is 11.5 Å². The summed E-state index contributed by atoms with van der Waals surface area (Å²) in [5, 5.41) is 0.752. The minimum Gasteiger partial charge on any atom is -0.483 e. The summed E-state index contributed by atoms with van der Waals surface area (Å²) in [5.41, 5.74) is 2.14. The SMILES string of the molecule is CC1(C)Cc2cccc(OCC(=O)N3CCN(Cc4ccc(Cl)cc4)CC3)c2O1. The molecule has 4 rings (SSSR count). The van der Waals surface area contributed by atoms with E-state index in [-0.39, 0.29) is 18.1 Å². The number of carbonyl (C=O) groups is 1. The number of rotatable bonds is 5. The molecule has 1 fully saturated rings. The molecule has 6 heteroatoms. The fourth-order valence-corrected chi connectivity index (χ4v) is 4.06. The Hall–Kier alpha value is -2.24. The van der Waals surface area contributed by atoms with E-state index >= 15 is 0 Å². The average Bonchev–Trinajstić information content (AvgIpc) is 3.03. The van der Waals surface area contributed by atoms with E-state index in [2.05, 4.69) is 36.9 Å². The largest absolute Gasteiger partial charge is 0.483 e. The van der Waals surface area contributed by atoms with Crippen molar-refractivity contribution in [2.75, 3.05) is 32.8 Å². The predicted octanol–water partition coefficient (Wildman–Crippen LogP) is 3.78. The topological polar surface area (TPSA) is 42.0 Å². The van der Waals surface area contributed by atoms with Crippen LogP contribution in [0.1, 0.15) is 25.0 Å². The van der Waals surface area contributed by atoms with Crippen LogP contribution in [0.4, 0.5) is 0 Å². The third-order valence-electron chi connectivity index (χ3n) is 5.45. The Kier molecular flexibility index (Phi) is 5.70. The summed E-state index contributed by atoms with van der Waals surface area (Å²) in [7, 11) is 0. The van der Waals surface area contributed by atoms with E-state index in [1.54, 1.807) is 0 Å². The Morgan fingerprint density at radius 3 is 2.55 bits per heavy atom.